The summed E-state index contributed by atoms with van der Waals surface area (Å²) in [6.07, 6.45) is 0. The molecule has 0 heterocycles. The van der Waals surface area contributed by atoms with Gasteiger partial charge < -0.3 is 11.1 Å². The quantitative estimate of drug-likeness (QED) is 0.752. The van der Waals surface area contributed by atoms with Gasteiger partial charge in [0, 0.05) is 0 Å². The molecule has 17 heavy (non-hydrogen) atoms. The van der Waals surface area contributed by atoms with Crippen LogP contribution in [0.3, 0.4) is 0 Å². The van der Waals surface area contributed by atoms with Crippen LogP contribution in [-0.2, 0) is 0 Å². The van der Waals surface area contributed by atoms with Gasteiger partial charge in [-0.2, -0.15) is 0 Å². The Morgan fingerprint density at radius 3 is 1.88 bits per heavy atom. The summed E-state index contributed by atoms with van der Waals surface area (Å²) in [5.74, 6) is 0. The first kappa shape index (κ1) is 10.3. The minimum absolute atomic E-state index is 0.0832. The molecule has 0 unspecified atom stereocenters. The second kappa shape index (κ2) is 3.86. The van der Waals surface area contributed by atoms with E-state index in [0.717, 1.165) is 0 Å². The van der Waals surface area contributed by atoms with Crippen LogP contribution in [0.4, 0.5) is 0 Å². The molecule has 0 radical (unpaired) electrons. The maximum absolute atomic E-state index is 5.61. The van der Waals surface area contributed by atoms with E-state index in [1.54, 1.807) is 0 Å². The maximum atomic E-state index is 5.61. The lowest BCUT2D eigenvalue weighted by Gasteiger charge is -2.15. The minimum Gasteiger partial charge on any atom is -0.376 e. The molecule has 1 aliphatic carbocycles. The molecule has 0 fully saturated rings. The van der Waals surface area contributed by atoms with Gasteiger partial charge in [0.2, 0.25) is 0 Å². The zero-order valence-corrected chi connectivity index (χ0v) is 10.00. The topological polar surface area (TPSA) is 38.0 Å². The van der Waals surface area contributed by atoms with Crippen LogP contribution in [0.2, 0.25) is 0 Å². The average molecular weight is 240 g/mol. The summed E-state index contributed by atoms with van der Waals surface area (Å²) >= 11 is 4.96. The third-order valence-electron chi connectivity index (χ3n) is 3.12. The zero-order chi connectivity index (χ0) is 11.8. The smallest absolute Gasteiger partial charge is 0.164 e. The molecule has 1 aliphatic rings. The van der Waals surface area contributed by atoms with Crippen molar-refractivity contribution in [2.24, 2.45) is 5.73 Å². The third kappa shape index (κ3) is 1.59. The first-order valence-electron chi connectivity index (χ1n) is 5.51. The van der Waals surface area contributed by atoms with Crippen LogP contribution < -0.4 is 11.1 Å². The number of hydrogen-bond donors (Lipinski definition) is 2. The summed E-state index contributed by atoms with van der Waals surface area (Å²) in [5, 5.41) is 3.50. The molecule has 3 N–H and O–H groups in total. The van der Waals surface area contributed by atoms with Crippen molar-refractivity contribution < 1.29 is 0 Å². The van der Waals surface area contributed by atoms with Gasteiger partial charge >= 0.3 is 0 Å². The molecule has 0 aromatic heterocycles. The first-order chi connectivity index (χ1) is 8.27. The molecule has 2 aromatic carbocycles. The molecule has 0 saturated heterocycles. The van der Waals surface area contributed by atoms with Crippen LogP contribution in [0.25, 0.3) is 11.1 Å². The second-order valence-electron chi connectivity index (χ2n) is 4.12. The van der Waals surface area contributed by atoms with Crippen molar-refractivity contribution in [3.8, 4) is 11.1 Å². The highest BCUT2D eigenvalue weighted by Gasteiger charge is 2.27. The second-order valence-corrected chi connectivity index (χ2v) is 4.56. The Hall–Kier alpha value is -1.87. The SMILES string of the molecule is NC(=S)NC1c2ccccc2-c2ccccc21. The highest BCUT2D eigenvalue weighted by atomic mass is 32.1. The molecule has 0 saturated carbocycles. The lowest BCUT2D eigenvalue weighted by molar-refractivity contribution is 0.786. The number of hydrogen-bond acceptors (Lipinski definition) is 1. The van der Waals surface area contributed by atoms with Crippen LogP contribution in [0.1, 0.15) is 17.2 Å². The molecule has 0 amide bonds. The highest BCUT2D eigenvalue weighted by molar-refractivity contribution is 7.80. The Bertz CT molecular complexity index is 547. The van der Waals surface area contributed by atoms with Crippen LogP contribution in [-0.4, -0.2) is 5.11 Å². The summed E-state index contributed by atoms with van der Waals surface area (Å²) < 4.78 is 0. The monoisotopic (exact) mass is 240 g/mol. The Balaban J connectivity index is 2.20. The van der Waals surface area contributed by atoms with Crippen LogP contribution in [0.15, 0.2) is 48.5 Å². The van der Waals surface area contributed by atoms with Crippen LogP contribution >= 0.6 is 12.2 Å². The van der Waals surface area contributed by atoms with E-state index >= 15 is 0 Å². The van der Waals surface area contributed by atoms with E-state index in [4.69, 9.17) is 18.0 Å². The fraction of sp³-hybridized carbons (Fsp3) is 0.0714. The van der Waals surface area contributed by atoms with E-state index in [9.17, 15) is 0 Å². The van der Waals surface area contributed by atoms with Gasteiger partial charge in [-0.05, 0) is 34.5 Å². The lowest BCUT2D eigenvalue weighted by Crippen LogP contribution is -2.32. The molecular formula is C14H12N2S. The molecule has 3 rings (SSSR count). The van der Waals surface area contributed by atoms with Crippen molar-refractivity contribution in [1.82, 2.24) is 5.32 Å². The van der Waals surface area contributed by atoms with E-state index in [0.29, 0.717) is 5.11 Å². The van der Waals surface area contributed by atoms with Crippen LogP contribution in [0, 0.1) is 0 Å². The predicted octanol–water partition coefficient (Wildman–Crippen LogP) is 2.59. The molecule has 3 heteroatoms. The molecule has 0 aliphatic heterocycles. The summed E-state index contributed by atoms with van der Waals surface area (Å²) in [6.45, 7) is 0. The number of nitrogens with two attached hydrogens (primary N) is 1. The Morgan fingerprint density at radius 2 is 1.41 bits per heavy atom. The molecule has 2 aromatic rings. The summed E-state index contributed by atoms with van der Waals surface area (Å²) in [4.78, 5) is 0. The van der Waals surface area contributed by atoms with Crippen molar-refractivity contribution in [3.05, 3.63) is 59.7 Å². The van der Waals surface area contributed by atoms with Gasteiger partial charge in [-0.15, -0.1) is 0 Å². The molecule has 0 spiro atoms. The Labute approximate surface area is 105 Å². The average Bonchev–Trinajstić information content (AvgIpc) is 2.65. The number of thiocarbonyl (C=S) groups is 1. The lowest BCUT2D eigenvalue weighted by atomic mass is 10.1. The van der Waals surface area contributed by atoms with Crippen molar-refractivity contribution in [3.63, 3.8) is 0 Å². The fourth-order valence-corrected chi connectivity index (χ4v) is 2.57. The van der Waals surface area contributed by atoms with Crippen LogP contribution in [0.5, 0.6) is 0 Å². The van der Waals surface area contributed by atoms with Crippen molar-refractivity contribution in [2.45, 2.75) is 6.04 Å². The van der Waals surface area contributed by atoms with Crippen molar-refractivity contribution >= 4 is 17.3 Å². The van der Waals surface area contributed by atoms with Gasteiger partial charge in [-0.1, -0.05) is 48.5 Å². The number of benzene rings is 2. The number of nitrogens with one attached hydrogen (secondary N) is 1. The van der Waals surface area contributed by atoms with Crippen molar-refractivity contribution in [2.75, 3.05) is 0 Å². The molecule has 0 atom stereocenters. The molecule has 0 bridgehead atoms. The minimum atomic E-state index is 0.0832. The van der Waals surface area contributed by atoms with Gasteiger partial charge in [0.25, 0.3) is 0 Å². The fourth-order valence-electron chi connectivity index (χ4n) is 2.45. The largest absolute Gasteiger partial charge is 0.376 e. The predicted molar refractivity (Wildman–Crippen MR) is 73.6 cm³/mol. The number of rotatable bonds is 1. The number of fused-ring (bicyclic) bond motifs is 3. The van der Waals surface area contributed by atoms with Crippen molar-refractivity contribution in [1.29, 1.82) is 0 Å². The van der Waals surface area contributed by atoms with Gasteiger partial charge in [0.05, 0.1) is 6.04 Å². The van der Waals surface area contributed by atoms with Gasteiger partial charge in [-0.3, -0.25) is 0 Å². The molecular weight excluding hydrogens is 228 g/mol. The van der Waals surface area contributed by atoms with E-state index in [1.807, 2.05) is 12.1 Å². The van der Waals surface area contributed by atoms with E-state index in [2.05, 4.69) is 41.7 Å². The Morgan fingerprint density at radius 1 is 0.941 bits per heavy atom. The standard InChI is InChI=1S/C14H12N2S/c15-14(17)16-13-11-7-3-1-5-9(11)10-6-2-4-8-12(10)13/h1-8,13H,(H3,15,16,17). The first-order valence-corrected chi connectivity index (χ1v) is 5.92. The summed E-state index contributed by atoms with van der Waals surface area (Å²) in [5.41, 5.74) is 10.6. The van der Waals surface area contributed by atoms with Gasteiger partial charge in [0.15, 0.2) is 5.11 Å². The zero-order valence-electron chi connectivity index (χ0n) is 9.18. The summed E-state index contributed by atoms with van der Waals surface area (Å²) in [6, 6.07) is 16.8. The van der Waals surface area contributed by atoms with E-state index in [1.165, 1.54) is 22.3 Å². The van der Waals surface area contributed by atoms with Gasteiger partial charge in [-0.25, -0.2) is 0 Å². The maximum Gasteiger partial charge on any atom is 0.164 e. The highest BCUT2D eigenvalue weighted by Crippen LogP contribution is 2.42. The Kier molecular flexibility index (Phi) is 2.34. The summed E-state index contributed by atoms with van der Waals surface area (Å²) in [7, 11) is 0. The van der Waals surface area contributed by atoms with E-state index in [-0.39, 0.29) is 6.04 Å². The third-order valence-corrected chi connectivity index (χ3v) is 3.24. The molecule has 84 valence electrons. The normalized spacial score (nSPS) is 12.9. The van der Waals surface area contributed by atoms with Gasteiger partial charge in [0.1, 0.15) is 0 Å². The molecule has 2 nitrogen and oxygen atoms in total. The van der Waals surface area contributed by atoms with E-state index < -0.39 is 0 Å².